The minimum Gasteiger partial charge on any atom is -0.493 e. The predicted octanol–water partition coefficient (Wildman–Crippen LogP) is 1.87. The Morgan fingerprint density at radius 1 is 1.38 bits per heavy atom. The number of ether oxygens (including phenoxy) is 2. The molecule has 4 nitrogen and oxygen atoms in total. The summed E-state index contributed by atoms with van der Waals surface area (Å²) in [5.74, 6) is 7.28. The zero-order chi connectivity index (χ0) is 11.4. The average molecular weight is 223 g/mol. The Kier molecular flexibility index (Phi) is 3.64. The van der Waals surface area contributed by atoms with Gasteiger partial charge in [0.25, 0.3) is 0 Å². The van der Waals surface area contributed by atoms with Gasteiger partial charge in [-0.2, -0.15) is 0 Å². The van der Waals surface area contributed by atoms with Gasteiger partial charge in [-0.1, -0.05) is 12.1 Å². The summed E-state index contributed by atoms with van der Waals surface area (Å²) in [5, 5.41) is 0. The average Bonchev–Trinajstić information content (AvgIpc) is 3.11. The molecule has 0 spiro atoms. The van der Waals surface area contributed by atoms with Gasteiger partial charge >= 0.3 is 0 Å². The molecule has 88 valence electrons. The standard InChI is InChI=1S/C12H17NO3/c1-14-11-4-2-3-10(8-16-13)12(11)15-7-9-5-6-9/h2-4,9H,5-8,13H2,1H3. The second-order valence-corrected chi connectivity index (χ2v) is 4.01. The van der Waals surface area contributed by atoms with E-state index in [4.69, 9.17) is 15.4 Å². The van der Waals surface area contributed by atoms with Crippen molar-refractivity contribution in [3.05, 3.63) is 23.8 Å². The molecule has 1 aliphatic rings. The van der Waals surface area contributed by atoms with E-state index in [2.05, 4.69) is 4.84 Å². The highest BCUT2D eigenvalue weighted by atomic mass is 16.6. The Labute approximate surface area is 95.2 Å². The molecule has 0 radical (unpaired) electrons. The summed E-state index contributed by atoms with van der Waals surface area (Å²) < 4.78 is 11.0. The maximum Gasteiger partial charge on any atom is 0.166 e. The first kappa shape index (κ1) is 11.2. The maximum absolute atomic E-state index is 5.78. The first-order valence-corrected chi connectivity index (χ1v) is 5.45. The molecule has 1 saturated carbocycles. The van der Waals surface area contributed by atoms with E-state index in [0.717, 1.165) is 23.7 Å². The molecule has 1 aromatic rings. The molecule has 0 heterocycles. The van der Waals surface area contributed by atoms with Gasteiger partial charge < -0.3 is 9.47 Å². The highest BCUT2D eigenvalue weighted by Crippen LogP contribution is 2.35. The minimum absolute atomic E-state index is 0.331. The van der Waals surface area contributed by atoms with Gasteiger partial charge in [-0.15, -0.1) is 0 Å². The van der Waals surface area contributed by atoms with Crippen LogP contribution < -0.4 is 15.4 Å². The number of nitrogens with two attached hydrogens (primary N) is 1. The molecule has 0 saturated heterocycles. The van der Waals surface area contributed by atoms with Gasteiger partial charge in [0.05, 0.1) is 20.3 Å². The Bertz CT molecular complexity index is 350. The van der Waals surface area contributed by atoms with E-state index in [9.17, 15) is 0 Å². The highest BCUT2D eigenvalue weighted by molar-refractivity contribution is 5.46. The van der Waals surface area contributed by atoms with Gasteiger partial charge in [-0.25, -0.2) is 5.90 Å². The molecule has 0 aliphatic heterocycles. The lowest BCUT2D eigenvalue weighted by Crippen LogP contribution is -2.06. The van der Waals surface area contributed by atoms with Crippen LogP contribution in [-0.4, -0.2) is 13.7 Å². The zero-order valence-corrected chi connectivity index (χ0v) is 9.44. The number of methoxy groups -OCH3 is 1. The molecule has 0 bridgehead atoms. The van der Waals surface area contributed by atoms with Crippen LogP contribution in [0.3, 0.4) is 0 Å². The third kappa shape index (κ3) is 2.65. The fraction of sp³-hybridized carbons (Fsp3) is 0.500. The molecule has 4 heteroatoms. The van der Waals surface area contributed by atoms with Gasteiger partial charge in [-0.05, 0) is 24.8 Å². The molecule has 1 aliphatic carbocycles. The summed E-state index contributed by atoms with van der Waals surface area (Å²) in [4.78, 5) is 4.65. The number of hydrogen-bond donors (Lipinski definition) is 1. The largest absolute Gasteiger partial charge is 0.493 e. The van der Waals surface area contributed by atoms with Crippen LogP contribution in [0, 0.1) is 5.92 Å². The lowest BCUT2D eigenvalue weighted by molar-refractivity contribution is 0.120. The third-order valence-corrected chi connectivity index (χ3v) is 2.68. The molecule has 2 N–H and O–H groups in total. The van der Waals surface area contributed by atoms with E-state index < -0.39 is 0 Å². The van der Waals surface area contributed by atoms with Gasteiger partial charge in [0, 0.05) is 5.56 Å². The van der Waals surface area contributed by atoms with E-state index in [1.165, 1.54) is 12.8 Å². The summed E-state index contributed by atoms with van der Waals surface area (Å²) in [7, 11) is 1.63. The van der Waals surface area contributed by atoms with Crippen LogP contribution in [0.2, 0.25) is 0 Å². The number of rotatable bonds is 6. The van der Waals surface area contributed by atoms with Crippen molar-refractivity contribution in [1.29, 1.82) is 0 Å². The molecule has 2 rings (SSSR count). The topological polar surface area (TPSA) is 53.7 Å². The van der Waals surface area contributed by atoms with E-state index >= 15 is 0 Å². The number of benzene rings is 1. The second-order valence-electron chi connectivity index (χ2n) is 4.01. The minimum atomic E-state index is 0.331. The summed E-state index contributed by atoms with van der Waals surface area (Å²) >= 11 is 0. The highest BCUT2D eigenvalue weighted by Gasteiger charge is 2.23. The quantitative estimate of drug-likeness (QED) is 0.748. The molecule has 1 aromatic carbocycles. The molecule has 16 heavy (non-hydrogen) atoms. The smallest absolute Gasteiger partial charge is 0.166 e. The van der Waals surface area contributed by atoms with Crippen molar-refractivity contribution in [3.8, 4) is 11.5 Å². The Morgan fingerprint density at radius 2 is 2.19 bits per heavy atom. The molecular formula is C12H17NO3. The monoisotopic (exact) mass is 223 g/mol. The lowest BCUT2D eigenvalue weighted by Gasteiger charge is -2.14. The molecule has 0 unspecified atom stereocenters. The molecule has 0 aromatic heterocycles. The van der Waals surface area contributed by atoms with Gasteiger partial charge in [0.1, 0.15) is 0 Å². The van der Waals surface area contributed by atoms with Gasteiger partial charge in [0.15, 0.2) is 11.5 Å². The van der Waals surface area contributed by atoms with Crippen LogP contribution in [0.5, 0.6) is 11.5 Å². The molecular weight excluding hydrogens is 206 g/mol. The Balaban J connectivity index is 2.13. The van der Waals surface area contributed by atoms with Crippen LogP contribution in [0.4, 0.5) is 0 Å². The number of para-hydroxylation sites is 1. The van der Waals surface area contributed by atoms with Crippen molar-refractivity contribution >= 4 is 0 Å². The van der Waals surface area contributed by atoms with E-state index in [-0.39, 0.29) is 0 Å². The summed E-state index contributed by atoms with van der Waals surface area (Å²) in [6, 6.07) is 5.71. The van der Waals surface area contributed by atoms with Crippen molar-refractivity contribution in [2.45, 2.75) is 19.4 Å². The summed E-state index contributed by atoms with van der Waals surface area (Å²) in [5.41, 5.74) is 0.919. The van der Waals surface area contributed by atoms with Crippen molar-refractivity contribution in [3.63, 3.8) is 0 Å². The number of hydrogen-bond acceptors (Lipinski definition) is 4. The maximum atomic E-state index is 5.78. The van der Waals surface area contributed by atoms with Crippen LogP contribution in [0.1, 0.15) is 18.4 Å². The molecule has 1 fully saturated rings. The van der Waals surface area contributed by atoms with E-state index in [1.807, 2.05) is 18.2 Å². The van der Waals surface area contributed by atoms with E-state index in [0.29, 0.717) is 12.5 Å². The van der Waals surface area contributed by atoms with Crippen LogP contribution >= 0.6 is 0 Å². The van der Waals surface area contributed by atoms with Crippen LogP contribution in [-0.2, 0) is 11.4 Å². The second kappa shape index (κ2) is 5.18. The van der Waals surface area contributed by atoms with Crippen LogP contribution in [0.25, 0.3) is 0 Å². The van der Waals surface area contributed by atoms with Crippen molar-refractivity contribution in [2.75, 3.05) is 13.7 Å². The van der Waals surface area contributed by atoms with Gasteiger partial charge in [0.2, 0.25) is 0 Å². The third-order valence-electron chi connectivity index (χ3n) is 2.68. The van der Waals surface area contributed by atoms with Crippen molar-refractivity contribution < 1.29 is 14.3 Å². The normalized spacial score (nSPS) is 14.9. The Hall–Kier alpha value is -1.26. The van der Waals surface area contributed by atoms with Gasteiger partial charge in [-0.3, -0.25) is 4.84 Å². The molecule has 0 atom stereocenters. The lowest BCUT2D eigenvalue weighted by atomic mass is 10.2. The first-order chi connectivity index (χ1) is 7.85. The van der Waals surface area contributed by atoms with Crippen molar-refractivity contribution in [1.82, 2.24) is 0 Å². The zero-order valence-electron chi connectivity index (χ0n) is 9.44. The molecule has 0 amide bonds. The van der Waals surface area contributed by atoms with E-state index in [1.54, 1.807) is 7.11 Å². The fourth-order valence-corrected chi connectivity index (χ4v) is 1.57. The SMILES string of the molecule is COc1cccc(CON)c1OCC1CC1. The first-order valence-electron chi connectivity index (χ1n) is 5.45. The fourth-order valence-electron chi connectivity index (χ4n) is 1.57. The van der Waals surface area contributed by atoms with Crippen LogP contribution in [0.15, 0.2) is 18.2 Å². The van der Waals surface area contributed by atoms with Crippen molar-refractivity contribution in [2.24, 2.45) is 11.8 Å². The predicted molar refractivity (Wildman–Crippen MR) is 60.2 cm³/mol. The Morgan fingerprint density at radius 3 is 2.81 bits per heavy atom. The summed E-state index contributed by atoms with van der Waals surface area (Å²) in [6.45, 7) is 1.08. The summed E-state index contributed by atoms with van der Waals surface area (Å²) in [6.07, 6.45) is 2.52.